The van der Waals surface area contributed by atoms with Crippen LogP contribution in [0.1, 0.15) is 27.9 Å². The summed E-state index contributed by atoms with van der Waals surface area (Å²) in [5, 5.41) is 5.83. The molecule has 0 radical (unpaired) electrons. The number of nitrogens with zero attached hydrogens (tertiary/aromatic N) is 1. The number of benzene rings is 3. The lowest BCUT2D eigenvalue weighted by molar-refractivity contribution is -0.115. The zero-order chi connectivity index (χ0) is 20.9. The number of carbonyl (C=O) groups is 2. The smallest absolute Gasteiger partial charge is 0.255 e. The number of hydrogen-bond acceptors (Lipinski definition) is 3. The molecule has 3 aromatic carbocycles. The molecule has 0 fully saturated rings. The molecule has 4 rings (SSSR count). The minimum absolute atomic E-state index is 0.0525. The molecule has 0 aromatic heterocycles. The maximum Gasteiger partial charge on any atom is 0.255 e. The standard InChI is InChI=1S/C25H25N3O2/c1-18-6-4-8-20(16-18)25(30)27-22-13-11-21(12-14-22)26-24(29)17-28-15-5-9-19-7-2-3-10-23(19)28/h2-4,6-8,10-14,16H,5,9,15,17H2,1H3,(H,26,29)(H,27,30). The van der Waals surface area contributed by atoms with Crippen LogP contribution in [0.4, 0.5) is 17.1 Å². The first kappa shape index (κ1) is 19.7. The minimum atomic E-state index is -0.153. The lowest BCUT2D eigenvalue weighted by Gasteiger charge is -2.30. The fraction of sp³-hybridized carbons (Fsp3) is 0.200. The number of fused-ring (bicyclic) bond motifs is 1. The average molecular weight is 399 g/mol. The van der Waals surface area contributed by atoms with Gasteiger partial charge in [0.1, 0.15) is 0 Å². The summed E-state index contributed by atoms with van der Waals surface area (Å²) >= 11 is 0. The van der Waals surface area contributed by atoms with E-state index in [1.165, 1.54) is 5.56 Å². The third-order valence-corrected chi connectivity index (χ3v) is 5.25. The number of amides is 2. The second-order valence-corrected chi connectivity index (χ2v) is 7.60. The van der Waals surface area contributed by atoms with Gasteiger partial charge in [-0.25, -0.2) is 0 Å². The van der Waals surface area contributed by atoms with Gasteiger partial charge >= 0.3 is 0 Å². The van der Waals surface area contributed by atoms with Crippen molar-refractivity contribution >= 4 is 28.9 Å². The summed E-state index contributed by atoms with van der Waals surface area (Å²) in [5.74, 6) is -0.206. The quantitative estimate of drug-likeness (QED) is 0.657. The van der Waals surface area contributed by atoms with Crippen molar-refractivity contribution in [2.75, 3.05) is 28.6 Å². The zero-order valence-electron chi connectivity index (χ0n) is 17.0. The highest BCUT2D eigenvalue weighted by molar-refractivity contribution is 6.04. The highest BCUT2D eigenvalue weighted by Crippen LogP contribution is 2.26. The Labute approximate surface area is 176 Å². The van der Waals surface area contributed by atoms with Crippen molar-refractivity contribution in [3.8, 4) is 0 Å². The van der Waals surface area contributed by atoms with Crippen molar-refractivity contribution in [3.05, 3.63) is 89.5 Å². The van der Waals surface area contributed by atoms with Crippen LogP contribution in [0.15, 0.2) is 72.8 Å². The summed E-state index contributed by atoms with van der Waals surface area (Å²) in [6.07, 6.45) is 2.11. The van der Waals surface area contributed by atoms with Crippen LogP contribution in [0, 0.1) is 6.92 Å². The molecule has 1 aliphatic heterocycles. The second-order valence-electron chi connectivity index (χ2n) is 7.60. The molecule has 5 nitrogen and oxygen atoms in total. The van der Waals surface area contributed by atoms with Gasteiger partial charge in [0.15, 0.2) is 0 Å². The lowest BCUT2D eigenvalue weighted by atomic mass is 10.0. The molecule has 3 aromatic rings. The van der Waals surface area contributed by atoms with Crippen molar-refractivity contribution in [2.24, 2.45) is 0 Å². The lowest BCUT2D eigenvalue weighted by Crippen LogP contribution is -2.36. The van der Waals surface area contributed by atoms with Crippen molar-refractivity contribution in [1.82, 2.24) is 0 Å². The molecule has 2 N–H and O–H groups in total. The highest BCUT2D eigenvalue weighted by Gasteiger charge is 2.18. The van der Waals surface area contributed by atoms with Gasteiger partial charge in [-0.05, 0) is 67.8 Å². The van der Waals surface area contributed by atoms with E-state index in [0.29, 0.717) is 23.5 Å². The molecule has 0 bridgehead atoms. The Balaban J connectivity index is 1.35. The van der Waals surface area contributed by atoms with Gasteiger partial charge < -0.3 is 15.5 Å². The number of nitrogens with one attached hydrogen (secondary N) is 2. The molecule has 5 heteroatoms. The van der Waals surface area contributed by atoms with Gasteiger partial charge in [-0.15, -0.1) is 0 Å². The summed E-state index contributed by atoms with van der Waals surface area (Å²) in [4.78, 5) is 27.0. The third-order valence-electron chi connectivity index (χ3n) is 5.25. The fourth-order valence-corrected chi connectivity index (χ4v) is 3.78. The van der Waals surface area contributed by atoms with E-state index in [1.807, 2.05) is 37.3 Å². The predicted octanol–water partition coefficient (Wildman–Crippen LogP) is 4.64. The first-order chi connectivity index (χ1) is 14.6. The van der Waals surface area contributed by atoms with Gasteiger partial charge in [-0.3, -0.25) is 9.59 Å². The van der Waals surface area contributed by atoms with Gasteiger partial charge in [-0.2, -0.15) is 0 Å². The molecule has 152 valence electrons. The normalized spacial score (nSPS) is 12.8. The van der Waals surface area contributed by atoms with E-state index in [0.717, 1.165) is 30.6 Å². The molecule has 0 aliphatic carbocycles. The summed E-state index contributed by atoms with van der Waals surface area (Å²) in [6.45, 7) is 3.16. The van der Waals surface area contributed by atoms with Gasteiger partial charge in [0, 0.05) is 29.2 Å². The minimum Gasteiger partial charge on any atom is -0.362 e. The summed E-state index contributed by atoms with van der Waals surface area (Å²) in [5.41, 5.74) is 5.49. The van der Waals surface area contributed by atoms with Crippen LogP contribution in [-0.2, 0) is 11.2 Å². The highest BCUT2D eigenvalue weighted by atomic mass is 16.2. The molecule has 1 aliphatic rings. The van der Waals surface area contributed by atoms with E-state index in [9.17, 15) is 9.59 Å². The number of carbonyl (C=O) groups excluding carboxylic acids is 2. The van der Waals surface area contributed by atoms with E-state index in [2.05, 4.69) is 27.7 Å². The van der Waals surface area contributed by atoms with Crippen molar-refractivity contribution in [2.45, 2.75) is 19.8 Å². The maximum absolute atomic E-state index is 12.5. The van der Waals surface area contributed by atoms with E-state index in [4.69, 9.17) is 0 Å². The monoisotopic (exact) mass is 399 g/mol. The van der Waals surface area contributed by atoms with Crippen LogP contribution in [0.3, 0.4) is 0 Å². The molecule has 0 atom stereocenters. The first-order valence-corrected chi connectivity index (χ1v) is 10.2. The third kappa shape index (κ3) is 4.69. The molecule has 0 unspecified atom stereocenters. The van der Waals surface area contributed by atoms with Crippen LogP contribution >= 0.6 is 0 Å². The molecular formula is C25H25N3O2. The number of para-hydroxylation sites is 1. The summed E-state index contributed by atoms with van der Waals surface area (Å²) in [6, 6.07) is 22.9. The summed E-state index contributed by atoms with van der Waals surface area (Å²) in [7, 11) is 0. The number of aryl methyl sites for hydroxylation is 2. The topological polar surface area (TPSA) is 61.4 Å². The van der Waals surface area contributed by atoms with Crippen molar-refractivity contribution in [1.29, 1.82) is 0 Å². The maximum atomic E-state index is 12.5. The van der Waals surface area contributed by atoms with Crippen LogP contribution in [0.25, 0.3) is 0 Å². The molecule has 1 heterocycles. The summed E-state index contributed by atoms with van der Waals surface area (Å²) < 4.78 is 0. The van der Waals surface area contributed by atoms with E-state index in [-0.39, 0.29) is 11.8 Å². The largest absolute Gasteiger partial charge is 0.362 e. The van der Waals surface area contributed by atoms with Gasteiger partial charge in [0.25, 0.3) is 5.91 Å². The number of anilines is 3. The zero-order valence-corrected chi connectivity index (χ0v) is 17.0. The van der Waals surface area contributed by atoms with Crippen LogP contribution in [0.2, 0.25) is 0 Å². The van der Waals surface area contributed by atoms with E-state index in [1.54, 1.807) is 30.3 Å². The SMILES string of the molecule is Cc1cccc(C(=O)Nc2ccc(NC(=O)CN3CCCc4ccccc43)cc2)c1. The molecular weight excluding hydrogens is 374 g/mol. The second kappa shape index (κ2) is 8.82. The Morgan fingerprint density at radius 1 is 0.900 bits per heavy atom. The molecule has 0 saturated heterocycles. The van der Waals surface area contributed by atoms with E-state index < -0.39 is 0 Å². The van der Waals surface area contributed by atoms with Crippen molar-refractivity contribution in [3.63, 3.8) is 0 Å². The number of hydrogen-bond donors (Lipinski definition) is 2. The van der Waals surface area contributed by atoms with E-state index >= 15 is 0 Å². The Hall–Kier alpha value is -3.60. The molecule has 0 spiro atoms. The van der Waals surface area contributed by atoms with Gasteiger partial charge in [-0.1, -0.05) is 35.9 Å². The van der Waals surface area contributed by atoms with Gasteiger partial charge in [0.2, 0.25) is 5.91 Å². The average Bonchev–Trinajstić information content (AvgIpc) is 2.75. The Kier molecular flexibility index (Phi) is 5.80. The Morgan fingerprint density at radius 3 is 2.40 bits per heavy atom. The predicted molar refractivity (Wildman–Crippen MR) is 121 cm³/mol. The van der Waals surface area contributed by atoms with Crippen molar-refractivity contribution < 1.29 is 9.59 Å². The Morgan fingerprint density at radius 2 is 1.63 bits per heavy atom. The first-order valence-electron chi connectivity index (χ1n) is 10.2. The van der Waals surface area contributed by atoms with Gasteiger partial charge in [0.05, 0.1) is 6.54 Å². The van der Waals surface area contributed by atoms with Crippen LogP contribution in [-0.4, -0.2) is 24.9 Å². The molecule has 2 amide bonds. The number of rotatable bonds is 5. The molecule has 30 heavy (non-hydrogen) atoms. The Bertz CT molecular complexity index is 1060. The van der Waals surface area contributed by atoms with Crippen LogP contribution < -0.4 is 15.5 Å². The molecule has 0 saturated carbocycles. The van der Waals surface area contributed by atoms with Crippen LogP contribution in [0.5, 0.6) is 0 Å². The fourth-order valence-electron chi connectivity index (χ4n) is 3.78.